The zero-order chi connectivity index (χ0) is 10.4. The van der Waals surface area contributed by atoms with E-state index in [1.165, 1.54) is 0 Å². The third-order valence-electron chi connectivity index (χ3n) is 1.92. The van der Waals surface area contributed by atoms with Crippen molar-refractivity contribution in [3.63, 3.8) is 0 Å². The predicted molar refractivity (Wildman–Crippen MR) is 58.0 cm³/mol. The zero-order valence-corrected chi connectivity index (χ0v) is 9.70. The summed E-state index contributed by atoms with van der Waals surface area (Å²) in [4.78, 5) is 4.12. The minimum absolute atomic E-state index is 0.488. The second-order valence-corrected chi connectivity index (χ2v) is 3.97. The van der Waals surface area contributed by atoms with E-state index in [1.807, 2.05) is 12.1 Å². The quantitative estimate of drug-likeness (QED) is 0.826. The smallest absolute Gasteiger partial charge is 0.0960 e. The van der Waals surface area contributed by atoms with Gasteiger partial charge in [-0.05, 0) is 40.9 Å². The van der Waals surface area contributed by atoms with Gasteiger partial charge in [-0.1, -0.05) is 0 Å². The Bertz CT molecular complexity index is 263. The number of hydrogen-bond donors (Lipinski definition) is 1. The molecule has 4 heteroatoms. The molecule has 0 saturated carbocycles. The molecule has 1 heterocycles. The minimum atomic E-state index is -0.488. The molecule has 1 N–H and O–H groups in total. The van der Waals surface area contributed by atoms with E-state index in [-0.39, 0.29) is 0 Å². The normalized spacial score (nSPS) is 12.8. The first kappa shape index (κ1) is 11.6. The molecular formula is C10H14BrNO2. The topological polar surface area (TPSA) is 42.4 Å². The third kappa shape index (κ3) is 3.74. The van der Waals surface area contributed by atoms with Gasteiger partial charge in [0, 0.05) is 24.4 Å². The van der Waals surface area contributed by atoms with Crippen LogP contribution in [0.1, 0.15) is 24.6 Å². The molecule has 78 valence electrons. The summed E-state index contributed by atoms with van der Waals surface area (Å²) in [6.45, 7) is 0.674. The molecule has 0 saturated heterocycles. The van der Waals surface area contributed by atoms with Crippen LogP contribution in [0.5, 0.6) is 0 Å². The SMILES string of the molecule is COCCCC(O)c1ccc(Br)cn1. The second-order valence-electron chi connectivity index (χ2n) is 3.05. The number of nitrogens with zero attached hydrogens (tertiary/aromatic N) is 1. The lowest BCUT2D eigenvalue weighted by Gasteiger charge is -2.09. The van der Waals surface area contributed by atoms with Gasteiger partial charge in [0.25, 0.3) is 0 Å². The Balaban J connectivity index is 2.43. The van der Waals surface area contributed by atoms with Gasteiger partial charge in [0.05, 0.1) is 11.8 Å². The highest BCUT2D eigenvalue weighted by Crippen LogP contribution is 2.17. The molecule has 1 rings (SSSR count). The Morgan fingerprint density at radius 1 is 1.57 bits per heavy atom. The number of aliphatic hydroxyl groups is 1. The largest absolute Gasteiger partial charge is 0.387 e. The molecule has 0 aliphatic carbocycles. The molecule has 0 aliphatic heterocycles. The molecule has 1 aromatic heterocycles. The molecule has 0 radical (unpaired) electrons. The van der Waals surface area contributed by atoms with Crippen molar-refractivity contribution in [2.75, 3.05) is 13.7 Å². The summed E-state index contributed by atoms with van der Waals surface area (Å²) in [6.07, 6.45) is 2.73. The highest BCUT2D eigenvalue weighted by molar-refractivity contribution is 9.10. The lowest BCUT2D eigenvalue weighted by Crippen LogP contribution is -2.01. The fourth-order valence-corrected chi connectivity index (χ4v) is 1.39. The van der Waals surface area contributed by atoms with Crippen LogP contribution in [0, 0.1) is 0 Å². The molecule has 14 heavy (non-hydrogen) atoms. The Morgan fingerprint density at radius 3 is 2.93 bits per heavy atom. The number of halogens is 1. The Kier molecular flexibility index (Phi) is 5.07. The fourth-order valence-electron chi connectivity index (χ4n) is 1.15. The summed E-state index contributed by atoms with van der Waals surface area (Å²) in [5.41, 5.74) is 0.712. The van der Waals surface area contributed by atoms with Gasteiger partial charge in [-0.25, -0.2) is 0 Å². The van der Waals surface area contributed by atoms with E-state index in [2.05, 4.69) is 20.9 Å². The lowest BCUT2D eigenvalue weighted by molar-refractivity contribution is 0.133. The minimum Gasteiger partial charge on any atom is -0.387 e. The van der Waals surface area contributed by atoms with Crippen LogP contribution in [-0.2, 0) is 4.74 Å². The maximum absolute atomic E-state index is 9.70. The van der Waals surface area contributed by atoms with Gasteiger partial charge in [-0.2, -0.15) is 0 Å². The van der Waals surface area contributed by atoms with Crippen LogP contribution in [0.15, 0.2) is 22.8 Å². The number of aromatic nitrogens is 1. The van der Waals surface area contributed by atoms with Crippen LogP contribution in [0.3, 0.4) is 0 Å². The average Bonchev–Trinajstić information content (AvgIpc) is 2.19. The maximum Gasteiger partial charge on any atom is 0.0960 e. The summed E-state index contributed by atoms with van der Waals surface area (Å²) in [7, 11) is 1.66. The summed E-state index contributed by atoms with van der Waals surface area (Å²) in [5, 5.41) is 9.70. The number of hydrogen-bond acceptors (Lipinski definition) is 3. The molecule has 0 spiro atoms. The highest BCUT2D eigenvalue weighted by atomic mass is 79.9. The predicted octanol–water partition coefficient (Wildman–Crippen LogP) is 2.30. The molecule has 0 fully saturated rings. The van der Waals surface area contributed by atoms with Gasteiger partial charge >= 0.3 is 0 Å². The number of rotatable bonds is 5. The van der Waals surface area contributed by atoms with Crippen molar-refractivity contribution in [3.8, 4) is 0 Å². The molecule has 1 unspecified atom stereocenters. The summed E-state index contributed by atoms with van der Waals surface area (Å²) in [5.74, 6) is 0. The van der Waals surface area contributed by atoms with E-state index < -0.39 is 6.10 Å². The van der Waals surface area contributed by atoms with Crippen molar-refractivity contribution in [3.05, 3.63) is 28.5 Å². The van der Waals surface area contributed by atoms with E-state index in [0.717, 1.165) is 10.9 Å². The number of ether oxygens (including phenoxy) is 1. The van der Waals surface area contributed by atoms with Crippen LogP contribution in [0.2, 0.25) is 0 Å². The van der Waals surface area contributed by atoms with E-state index in [9.17, 15) is 5.11 Å². The average molecular weight is 260 g/mol. The summed E-state index contributed by atoms with van der Waals surface area (Å²) in [6, 6.07) is 3.70. The molecule has 3 nitrogen and oxygen atoms in total. The molecule has 1 atom stereocenters. The first-order valence-electron chi connectivity index (χ1n) is 4.52. The van der Waals surface area contributed by atoms with Crippen molar-refractivity contribution in [1.82, 2.24) is 4.98 Å². The van der Waals surface area contributed by atoms with Crippen LogP contribution in [0.4, 0.5) is 0 Å². The van der Waals surface area contributed by atoms with Crippen molar-refractivity contribution in [1.29, 1.82) is 0 Å². The van der Waals surface area contributed by atoms with Gasteiger partial charge in [0.2, 0.25) is 0 Å². The van der Waals surface area contributed by atoms with Gasteiger partial charge in [-0.3, -0.25) is 4.98 Å². The first-order chi connectivity index (χ1) is 6.74. The Hall–Kier alpha value is -0.450. The van der Waals surface area contributed by atoms with Crippen molar-refractivity contribution in [2.45, 2.75) is 18.9 Å². The highest BCUT2D eigenvalue weighted by Gasteiger charge is 2.07. The number of methoxy groups -OCH3 is 1. The van der Waals surface area contributed by atoms with Gasteiger partial charge in [0.1, 0.15) is 0 Å². The van der Waals surface area contributed by atoms with E-state index in [1.54, 1.807) is 13.3 Å². The number of pyridine rings is 1. The lowest BCUT2D eigenvalue weighted by atomic mass is 10.1. The van der Waals surface area contributed by atoms with E-state index in [0.29, 0.717) is 18.7 Å². The molecule has 0 aliphatic rings. The van der Waals surface area contributed by atoms with Crippen LogP contribution >= 0.6 is 15.9 Å². The maximum atomic E-state index is 9.70. The summed E-state index contributed by atoms with van der Waals surface area (Å²) < 4.78 is 5.83. The number of aliphatic hydroxyl groups excluding tert-OH is 1. The van der Waals surface area contributed by atoms with Crippen LogP contribution in [-0.4, -0.2) is 23.8 Å². The van der Waals surface area contributed by atoms with Crippen molar-refractivity contribution in [2.24, 2.45) is 0 Å². The zero-order valence-electron chi connectivity index (χ0n) is 8.11. The molecule has 0 aromatic carbocycles. The standard InChI is InChI=1S/C10H14BrNO2/c1-14-6-2-3-10(13)9-5-4-8(11)7-12-9/h4-5,7,10,13H,2-3,6H2,1H3. The summed E-state index contributed by atoms with van der Waals surface area (Å²) >= 11 is 3.29. The van der Waals surface area contributed by atoms with Crippen molar-refractivity contribution >= 4 is 15.9 Å². The van der Waals surface area contributed by atoms with Gasteiger partial charge < -0.3 is 9.84 Å². The fraction of sp³-hybridized carbons (Fsp3) is 0.500. The van der Waals surface area contributed by atoms with Crippen molar-refractivity contribution < 1.29 is 9.84 Å². The van der Waals surface area contributed by atoms with Gasteiger partial charge in [-0.15, -0.1) is 0 Å². The van der Waals surface area contributed by atoms with E-state index >= 15 is 0 Å². The molecule has 1 aromatic rings. The van der Waals surface area contributed by atoms with E-state index in [4.69, 9.17) is 4.74 Å². The van der Waals surface area contributed by atoms with Crippen LogP contribution < -0.4 is 0 Å². The Morgan fingerprint density at radius 2 is 2.36 bits per heavy atom. The Labute approximate surface area is 92.3 Å². The van der Waals surface area contributed by atoms with Crippen LogP contribution in [0.25, 0.3) is 0 Å². The van der Waals surface area contributed by atoms with Gasteiger partial charge in [0.15, 0.2) is 0 Å². The molecule has 0 bridgehead atoms. The molecule has 0 amide bonds. The first-order valence-corrected chi connectivity index (χ1v) is 5.32. The monoisotopic (exact) mass is 259 g/mol. The second kappa shape index (κ2) is 6.11. The molecular weight excluding hydrogens is 246 g/mol. The third-order valence-corrected chi connectivity index (χ3v) is 2.39.